The molecule has 5 nitrogen and oxygen atoms in total. The number of nitrogens with two attached hydrogens (primary N) is 1. The molecule has 1 saturated heterocycles. The molecule has 0 atom stereocenters. The van der Waals surface area contributed by atoms with Gasteiger partial charge in [0.1, 0.15) is 0 Å². The SMILES string of the molecule is Cc1ccc(NC(N)=NCCC2(C)OCCO2)cc1C.I. The van der Waals surface area contributed by atoms with Crippen LogP contribution in [-0.2, 0) is 9.47 Å². The quantitative estimate of drug-likeness (QED) is 0.459. The summed E-state index contributed by atoms with van der Waals surface area (Å²) in [6.45, 7) is 7.96. The summed E-state index contributed by atoms with van der Waals surface area (Å²) >= 11 is 0. The highest BCUT2D eigenvalue weighted by molar-refractivity contribution is 14.0. The molecule has 2 rings (SSSR count). The third-order valence-corrected chi connectivity index (χ3v) is 3.53. The molecule has 1 aliphatic heterocycles. The number of hydrogen-bond acceptors (Lipinski definition) is 3. The summed E-state index contributed by atoms with van der Waals surface area (Å²) in [5.74, 6) is -0.0978. The summed E-state index contributed by atoms with van der Waals surface area (Å²) < 4.78 is 11.0. The molecule has 21 heavy (non-hydrogen) atoms. The lowest BCUT2D eigenvalue weighted by atomic mass is 10.1. The van der Waals surface area contributed by atoms with Crippen LogP contribution in [0.2, 0.25) is 0 Å². The van der Waals surface area contributed by atoms with Crippen LogP contribution >= 0.6 is 24.0 Å². The number of guanidine groups is 1. The van der Waals surface area contributed by atoms with E-state index in [1.807, 2.05) is 13.0 Å². The van der Waals surface area contributed by atoms with Crippen LogP contribution in [0, 0.1) is 13.8 Å². The number of hydrogen-bond donors (Lipinski definition) is 2. The minimum Gasteiger partial charge on any atom is -0.370 e. The van der Waals surface area contributed by atoms with E-state index in [0.717, 1.165) is 5.69 Å². The van der Waals surface area contributed by atoms with Crippen molar-refractivity contribution in [3.05, 3.63) is 29.3 Å². The van der Waals surface area contributed by atoms with Gasteiger partial charge in [-0.3, -0.25) is 4.99 Å². The van der Waals surface area contributed by atoms with Crippen molar-refractivity contribution in [2.75, 3.05) is 25.1 Å². The van der Waals surface area contributed by atoms with Gasteiger partial charge in [0.25, 0.3) is 0 Å². The monoisotopic (exact) mass is 405 g/mol. The van der Waals surface area contributed by atoms with Gasteiger partial charge in [-0.15, -0.1) is 24.0 Å². The Morgan fingerprint density at radius 1 is 1.29 bits per heavy atom. The second-order valence-corrected chi connectivity index (χ2v) is 5.27. The fourth-order valence-corrected chi connectivity index (χ4v) is 2.09. The molecule has 1 aromatic carbocycles. The Labute approximate surface area is 143 Å². The highest BCUT2D eigenvalue weighted by atomic mass is 127. The smallest absolute Gasteiger partial charge is 0.193 e. The Balaban J connectivity index is 0.00000220. The van der Waals surface area contributed by atoms with Crippen molar-refractivity contribution in [1.82, 2.24) is 0 Å². The molecule has 0 aliphatic carbocycles. The topological polar surface area (TPSA) is 68.9 Å². The zero-order valence-electron chi connectivity index (χ0n) is 12.8. The van der Waals surface area contributed by atoms with Crippen LogP contribution < -0.4 is 11.1 Å². The molecule has 0 bridgehead atoms. The predicted octanol–water partition coefficient (Wildman–Crippen LogP) is 2.80. The van der Waals surface area contributed by atoms with E-state index in [-0.39, 0.29) is 24.0 Å². The molecule has 1 fully saturated rings. The molecule has 1 heterocycles. The van der Waals surface area contributed by atoms with Gasteiger partial charge in [-0.05, 0) is 44.0 Å². The van der Waals surface area contributed by atoms with Crippen LogP contribution in [0.1, 0.15) is 24.5 Å². The van der Waals surface area contributed by atoms with E-state index < -0.39 is 5.79 Å². The number of halogens is 1. The van der Waals surface area contributed by atoms with Crippen LogP contribution in [0.3, 0.4) is 0 Å². The number of benzene rings is 1. The van der Waals surface area contributed by atoms with Gasteiger partial charge in [-0.2, -0.15) is 0 Å². The summed E-state index contributed by atoms with van der Waals surface area (Å²) in [7, 11) is 0. The molecule has 0 spiro atoms. The Morgan fingerprint density at radius 3 is 2.57 bits per heavy atom. The number of aryl methyl sites for hydroxylation is 2. The fraction of sp³-hybridized carbons (Fsp3) is 0.533. The Bertz CT molecular complexity index is 500. The Hall–Kier alpha value is -0.860. The summed E-state index contributed by atoms with van der Waals surface area (Å²) in [5, 5.41) is 3.09. The zero-order chi connectivity index (χ0) is 14.6. The van der Waals surface area contributed by atoms with Gasteiger partial charge in [0, 0.05) is 18.7 Å². The molecule has 0 saturated carbocycles. The van der Waals surface area contributed by atoms with Crippen LogP contribution in [-0.4, -0.2) is 31.5 Å². The number of nitrogens with zero attached hydrogens (tertiary/aromatic N) is 1. The number of ether oxygens (including phenoxy) is 2. The first-order chi connectivity index (χ1) is 9.48. The van der Waals surface area contributed by atoms with E-state index in [2.05, 4.69) is 36.3 Å². The molecule has 0 radical (unpaired) electrons. The standard InChI is InChI=1S/C15H23N3O2.HI/c1-11-4-5-13(10-12(11)2)18-14(16)17-7-6-15(3)19-8-9-20-15;/h4-5,10H,6-9H2,1-3H3,(H3,16,17,18);1H. The number of nitrogens with one attached hydrogen (secondary N) is 1. The first kappa shape index (κ1) is 18.2. The van der Waals surface area contributed by atoms with Gasteiger partial charge in [0.2, 0.25) is 0 Å². The van der Waals surface area contributed by atoms with Crippen molar-refractivity contribution in [3.8, 4) is 0 Å². The minimum absolute atomic E-state index is 0. The maximum absolute atomic E-state index is 5.88. The van der Waals surface area contributed by atoms with E-state index in [9.17, 15) is 0 Å². The van der Waals surface area contributed by atoms with Crippen molar-refractivity contribution in [1.29, 1.82) is 0 Å². The third kappa shape index (κ3) is 5.44. The largest absolute Gasteiger partial charge is 0.370 e. The molecule has 118 valence electrons. The third-order valence-electron chi connectivity index (χ3n) is 3.53. The Kier molecular flexibility index (Phi) is 6.89. The fourth-order valence-electron chi connectivity index (χ4n) is 2.09. The molecule has 1 aromatic rings. The highest BCUT2D eigenvalue weighted by Crippen LogP contribution is 2.22. The average molecular weight is 405 g/mol. The molecule has 6 heteroatoms. The van der Waals surface area contributed by atoms with E-state index in [4.69, 9.17) is 15.2 Å². The first-order valence-electron chi connectivity index (χ1n) is 6.91. The van der Waals surface area contributed by atoms with E-state index in [1.165, 1.54) is 11.1 Å². The van der Waals surface area contributed by atoms with E-state index in [0.29, 0.717) is 32.1 Å². The molecule has 1 aliphatic rings. The number of anilines is 1. The maximum atomic E-state index is 5.88. The summed E-state index contributed by atoms with van der Waals surface area (Å²) in [4.78, 5) is 4.30. The molecule has 0 unspecified atom stereocenters. The van der Waals surface area contributed by atoms with Crippen LogP contribution in [0.4, 0.5) is 5.69 Å². The van der Waals surface area contributed by atoms with Gasteiger partial charge < -0.3 is 20.5 Å². The normalized spacial score (nSPS) is 17.4. The predicted molar refractivity (Wildman–Crippen MR) is 96.4 cm³/mol. The van der Waals surface area contributed by atoms with Gasteiger partial charge in [-0.25, -0.2) is 0 Å². The summed E-state index contributed by atoms with van der Waals surface area (Å²) in [6, 6.07) is 6.11. The average Bonchev–Trinajstić information content (AvgIpc) is 2.81. The second-order valence-electron chi connectivity index (χ2n) is 5.27. The maximum Gasteiger partial charge on any atom is 0.193 e. The van der Waals surface area contributed by atoms with Crippen molar-refractivity contribution in [2.45, 2.75) is 33.0 Å². The van der Waals surface area contributed by atoms with Gasteiger partial charge in [0.15, 0.2) is 11.7 Å². The first-order valence-corrected chi connectivity index (χ1v) is 6.91. The van der Waals surface area contributed by atoms with E-state index in [1.54, 1.807) is 0 Å². The number of aliphatic imine (C=N–C) groups is 1. The van der Waals surface area contributed by atoms with Crippen molar-refractivity contribution in [3.63, 3.8) is 0 Å². The van der Waals surface area contributed by atoms with Crippen LogP contribution in [0.5, 0.6) is 0 Å². The molecule has 3 N–H and O–H groups in total. The van der Waals surface area contributed by atoms with Crippen LogP contribution in [0.15, 0.2) is 23.2 Å². The minimum atomic E-state index is -0.510. The molecule has 0 aromatic heterocycles. The molecular formula is C15H24IN3O2. The number of rotatable bonds is 4. The molecule has 0 amide bonds. The summed E-state index contributed by atoms with van der Waals surface area (Å²) in [5.41, 5.74) is 9.32. The lowest BCUT2D eigenvalue weighted by molar-refractivity contribution is -0.144. The van der Waals surface area contributed by atoms with E-state index >= 15 is 0 Å². The van der Waals surface area contributed by atoms with Gasteiger partial charge >= 0.3 is 0 Å². The second kappa shape index (κ2) is 7.95. The van der Waals surface area contributed by atoms with Crippen LogP contribution in [0.25, 0.3) is 0 Å². The van der Waals surface area contributed by atoms with Gasteiger partial charge in [-0.1, -0.05) is 6.07 Å². The Morgan fingerprint density at radius 2 is 1.95 bits per heavy atom. The summed E-state index contributed by atoms with van der Waals surface area (Å²) in [6.07, 6.45) is 0.697. The van der Waals surface area contributed by atoms with Crippen molar-refractivity contribution >= 4 is 35.6 Å². The van der Waals surface area contributed by atoms with Crippen molar-refractivity contribution in [2.24, 2.45) is 10.7 Å². The zero-order valence-corrected chi connectivity index (χ0v) is 15.1. The lowest BCUT2D eigenvalue weighted by Gasteiger charge is -2.20. The highest BCUT2D eigenvalue weighted by Gasteiger charge is 2.30. The van der Waals surface area contributed by atoms with Crippen molar-refractivity contribution < 1.29 is 9.47 Å². The van der Waals surface area contributed by atoms with Gasteiger partial charge in [0.05, 0.1) is 13.2 Å². The lowest BCUT2D eigenvalue weighted by Crippen LogP contribution is -2.28. The molecular weight excluding hydrogens is 381 g/mol.